The van der Waals surface area contributed by atoms with Crippen LogP contribution in [0.5, 0.6) is 0 Å². The molecule has 0 fully saturated rings. The number of carbonyl (C=O) groups excluding carboxylic acids is 1. The predicted octanol–water partition coefficient (Wildman–Crippen LogP) is 0.385. The maximum Gasteiger partial charge on any atom is 0.320 e. The van der Waals surface area contributed by atoms with Crippen LogP contribution in [0, 0.1) is 0 Å². The molecule has 0 aliphatic heterocycles. The number of rotatable bonds is 9. The van der Waals surface area contributed by atoms with Crippen molar-refractivity contribution in [2.24, 2.45) is 10.8 Å². The first-order valence-corrected chi connectivity index (χ1v) is 5.34. The van der Waals surface area contributed by atoms with Crippen molar-refractivity contribution < 1.29 is 14.7 Å². The van der Waals surface area contributed by atoms with E-state index in [0.717, 1.165) is 0 Å². The van der Waals surface area contributed by atoms with Crippen molar-refractivity contribution in [3.05, 3.63) is 10.4 Å². The minimum atomic E-state index is -1.01. The van der Waals surface area contributed by atoms with E-state index in [-0.39, 0.29) is 18.9 Å². The van der Waals surface area contributed by atoms with Gasteiger partial charge in [0.15, 0.2) is 0 Å². The van der Waals surface area contributed by atoms with Crippen molar-refractivity contribution in [2.45, 2.75) is 31.7 Å². The van der Waals surface area contributed by atoms with E-state index in [4.69, 9.17) is 16.4 Å². The van der Waals surface area contributed by atoms with E-state index < -0.39 is 12.0 Å². The second-order valence-electron chi connectivity index (χ2n) is 3.49. The van der Waals surface area contributed by atoms with E-state index in [9.17, 15) is 9.59 Å². The molecule has 0 aliphatic rings. The number of hydrogen-bond acceptors (Lipinski definition) is 4. The lowest BCUT2D eigenvalue weighted by molar-refractivity contribution is -0.138. The fourth-order valence-corrected chi connectivity index (χ4v) is 1.13. The number of nitrogens with one attached hydrogen (secondary N) is 1. The highest BCUT2D eigenvalue weighted by molar-refractivity contribution is 5.76. The first-order chi connectivity index (χ1) is 8.07. The largest absolute Gasteiger partial charge is 0.480 e. The zero-order valence-electron chi connectivity index (χ0n) is 9.50. The molecule has 1 amide bonds. The zero-order valence-corrected chi connectivity index (χ0v) is 9.50. The number of carbonyl (C=O) groups is 2. The molecule has 0 aromatic carbocycles. The average Bonchev–Trinajstić information content (AvgIpc) is 2.28. The molecule has 0 saturated carbocycles. The van der Waals surface area contributed by atoms with Crippen LogP contribution in [0.4, 0.5) is 0 Å². The third kappa shape index (κ3) is 9.16. The van der Waals surface area contributed by atoms with Gasteiger partial charge in [-0.15, -0.1) is 0 Å². The van der Waals surface area contributed by atoms with Crippen molar-refractivity contribution in [2.75, 3.05) is 13.1 Å². The number of unbranched alkanes of at least 4 members (excludes halogenated alkanes) is 1. The van der Waals surface area contributed by atoms with Gasteiger partial charge in [0, 0.05) is 24.4 Å². The number of aliphatic carboxylic acids is 1. The Hall–Kier alpha value is -1.79. The summed E-state index contributed by atoms with van der Waals surface area (Å²) in [7, 11) is 0. The van der Waals surface area contributed by atoms with Gasteiger partial charge in [0.2, 0.25) is 5.91 Å². The van der Waals surface area contributed by atoms with Crippen molar-refractivity contribution >= 4 is 11.9 Å². The van der Waals surface area contributed by atoms with Gasteiger partial charge in [-0.3, -0.25) is 9.59 Å². The molecule has 0 unspecified atom stereocenters. The minimum absolute atomic E-state index is 0.145. The number of azide groups is 1. The van der Waals surface area contributed by atoms with Crippen LogP contribution in [0.3, 0.4) is 0 Å². The Kier molecular flexibility index (Phi) is 8.44. The molecular formula is C9H17N5O3. The van der Waals surface area contributed by atoms with Gasteiger partial charge in [-0.05, 0) is 24.8 Å². The topological polar surface area (TPSA) is 141 Å². The van der Waals surface area contributed by atoms with Gasteiger partial charge < -0.3 is 16.2 Å². The second-order valence-corrected chi connectivity index (χ2v) is 3.49. The molecule has 96 valence electrons. The summed E-state index contributed by atoms with van der Waals surface area (Å²) < 4.78 is 0. The van der Waals surface area contributed by atoms with Crippen LogP contribution < -0.4 is 11.1 Å². The lowest BCUT2D eigenvalue weighted by Gasteiger charge is -2.06. The molecule has 0 saturated heterocycles. The number of carboxylic acids is 1. The van der Waals surface area contributed by atoms with Crippen LogP contribution in [0.15, 0.2) is 5.11 Å². The molecule has 0 radical (unpaired) electrons. The summed E-state index contributed by atoms with van der Waals surface area (Å²) in [5.41, 5.74) is 13.3. The van der Waals surface area contributed by atoms with E-state index in [0.29, 0.717) is 25.8 Å². The van der Waals surface area contributed by atoms with Crippen molar-refractivity contribution in [3.63, 3.8) is 0 Å². The summed E-state index contributed by atoms with van der Waals surface area (Å²) in [6.45, 7) is 0.619. The zero-order chi connectivity index (χ0) is 13.1. The van der Waals surface area contributed by atoms with Crippen LogP contribution in [-0.2, 0) is 9.59 Å². The normalized spacial score (nSPS) is 11.4. The molecule has 17 heavy (non-hydrogen) atoms. The fourth-order valence-electron chi connectivity index (χ4n) is 1.13. The molecule has 1 atom stereocenters. The molecular weight excluding hydrogens is 226 g/mol. The van der Waals surface area contributed by atoms with Crippen LogP contribution >= 0.6 is 0 Å². The molecule has 8 heteroatoms. The summed E-state index contributed by atoms with van der Waals surface area (Å²) in [5.74, 6) is -1.19. The minimum Gasteiger partial charge on any atom is -0.480 e. The van der Waals surface area contributed by atoms with Gasteiger partial charge in [-0.1, -0.05) is 5.11 Å². The van der Waals surface area contributed by atoms with Gasteiger partial charge in [-0.2, -0.15) is 0 Å². The Labute approximate surface area is 98.8 Å². The SMILES string of the molecule is [N-]=[N+]=NCCC(=O)NCCCC[C@H](N)C(=O)O. The maximum atomic E-state index is 11.1. The Balaban J connectivity index is 3.42. The Morgan fingerprint density at radius 1 is 1.47 bits per heavy atom. The van der Waals surface area contributed by atoms with Crippen molar-refractivity contribution in [1.29, 1.82) is 0 Å². The molecule has 0 heterocycles. The van der Waals surface area contributed by atoms with Crippen LogP contribution in [-0.4, -0.2) is 36.1 Å². The molecule has 0 rings (SSSR count). The van der Waals surface area contributed by atoms with E-state index in [1.54, 1.807) is 0 Å². The van der Waals surface area contributed by atoms with Crippen molar-refractivity contribution in [3.8, 4) is 0 Å². The smallest absolute Gasteiger partial charge is 0.320 e. The fraction of sp³-hybridized carbons (Fsp3) is 0.778. The molecule has 8 nitrogen and oxygen atoms in total. The van der Waals surface area contributed by atoms with Crippen LogP contribution in [0.25, 0.3) is 10.4 Å². The highest BCUT2D eigenvalue weighted by Gasteiger charge is 2.09. The second kappa shape index (κ2) is 9.44. The number of hydrogen-bond donors (Lipinski definition) is 3. The van der Waals surface area contributed by atoms with Gasteiger partial charge >= 0.3 is 5.97 Å². The summed E-state index contributed by atoms with van der Waals surface area (Å²) in [5, 5.41) is 14.4. The van der Waals surface area contributed by atoms with E-state index in [1.165, 1.54) is 0 Å². The monoisotopic (exact) mass is 243 g/mol. The number of carboxylic acid groups (broad SMARTS) is 1. The quantitative estimate of drug-likeness (QED) is 0.233. The van der Waals surface area contributed by atoms with Gasteiger partial charge in [0.25, 0.3) is 0 Å². The van der Waals surface area contributed by atoms with E-state index in [2.05, 4.69) is 15.3 Å². The summed E-state index contributed by atoms with van der Waals surface area (Å²) in [4.78, 5) is 24.0. The molecule has 0 aliphatic carbocycles. The molecule has 0 aromatic rings. The third-order valence-electron chi connectivity index (χ3n) is 2.08. The van der Waals surface area contributed by atoms with Gasteiger partial charge in [0.1, 0.15) is 6.04 Å². The van der Waals surface area contributed by atoms with Gasteiger partial charge in [-0.25, -0.2) is 0 Å². The molecule has 0 spiro atoms. The number of nitrogens with two attached hydrogens (primary N) is 1. The third-order valence-corrected chi connectivity index (χ3v) is 2.08. The Bertz CT molecular complexity index is 301. The highest BCUT2D eigenvalue weighted by atomic mass is 16.4. The highest BCUT2D eigenvalue weighted by Crippen LogP contribution is 1.98. The first kappa shape index (κ1) is 15.2. The van der Waals surface area contributed by atoms with Crippen molar-refractivity contribution in [1.82, 2.24) is 5.32 Å². The van der Waals surface area contributed by atoms with E-state index in [1.807, 2.05) is 0 Å². The lowest BCUT2D eigenvalue weighted by Crippen LogP contribution is -2.30. The maximum absolute atomic E-state index is 11.1. The predicted molar refractivity (Wildman–Crippen MR) is 61.1 cm³/mol. The summed E-state index contributed by atoms with van der Waals surface area (Å²) in [6.07, 6.45) is 1.88. The standard InChI is InChI=1S/C9H17N5O3/c10-7(9(16)17)3-1-2-5-12-8(15)4-6-13-14-11/h7H,1-6,10H2,(H,12,15)(H,16,17)/t7-/m0/s1. The van der Waals surface area contributed by atoms with E-state index >= 15 is 0 Å². The average molecular weight is 243 g/mol. The first-order valence-electron chi connectivity index (χ1n) is 5.34. The molecule has 4 N–H and O–H groups in total. The lowest BCUT2D eigenvalue weighted by atomic mass is 10.1. The Morgan fingerprint density at radius 3 is 2.76 bits per heavy atom. The number of nitrogens with zero attached hydrogens (tertiary/aromatic N) is 3. The summed E-state index contributed by atoms with van der Waals surface area (Å²) in [6, 6.07) is -0.837. The van der Waals surface area contributed by atoms with Crippen LogP contribution in [0.2, 0.25) is 0 Å². The molecule has 0 bridgehead atoms. The van der Waals surface area contributed by atoms with Crippen LogP contribution in [0.1, 0.15) is 25.7 Å². The van der Waals surface area contributed by atoms with Gasteiger partial charge in [0.05, 0.1) is 0 Å². The Morgan fingerprint density at radius 2 is 2.18 bits per heavy atom. The number of amides is 1. The molecule has 0 aromatic heterocycles. The summed E-state index contributed by atoms with van der Waals surface area (Å²) >= 11 is 0.